The zero-order valence-electron chi connectivity index (χ0n) is 13.3. The zero-order valence-corrected chi connectivity index (χ0v) is 14.1. The van der Waals surface area contributed by atoms with Crippen LogP contribution in [-0.4, -0.2) is 29.5 Å². The molecule has 1 aromatic carbocycles. The molecule has 0 saturated heterocycles. The van der Waals surface area contributed by atoms with E-state index in [4.69, 9.17) is 4.18 Å². The lowest BCUT2D eigenvalue weighted by Crippen LogP contribution is -2.21. The van der Waals surface area contributed by atoms with E-state index in [1.807, 2.05) is 0 Å². The maximum absolute atomic E-state index is 12.2. The van der Waals surface area contributed by atoms with Gasteiger partial charge in [-0.2, -0.15) is 13.5 Å². The summed E-state index contributed by atoms with van der Waals surface area (Å²) in [7, 11) is -4.34. The van der Waals surface area contributed by atoms with Crippen molar-refractivity contribution in [3.05, 3.63) is 61.1 Å². The van der Waals surface area contributed by atoms with Gasteiger partial charge in [0.15, 0.2) is 5.82 Å². The number of nitrogens with one attached hydrogen (secondary N) is 1. The topological polar surface area (TPSA) is 95.3 Å². The van der Waals surface area contributed by atoms with Crippen molar-refractivity contribution in [1.29, 1.82) is 0 Å². The lowest BCUT2D eigenvalue weighted by molar-refractivity contribution is -0.274. The Kier molecular flexibility index (Phi) is 4.90. The van der Waals surface area contributed by atoms with Gasteiger partial charge < -0.3 is 8.92 Å². The van der Waals surface area contributed by atoms with Crippen molar-refractivity contribution < 1.29 is 30.5 Å². The molecule has 0 aliphatic rings. The number of rotatable bonds is 6. The number of halogens is 3. The van der Waals surface area contributed by atoms with E-state index < -0.39 is 22.4 Å². The molecule has 12 heteroatoms. The largest absolute Gasteiger partial charge is 0.573 e. The molecule has 0 unspecified atom stereocenters. The molecule has 0 amide bonds. The molecule has 3 rings (SSSR count). The Hall–Kier alpha value is -3.28. The molecule has 0 aliphatic heterocycles. The summed E-state index contributed by atoms with van der Waals surface area (Å²) in [6.07, 6.45) is -0.331. The van der Waals surface area contributed by atoms with Crippen molar-refractivity contribution in [2.45, 2.75) is 6.36 Å². The maximum atomic E-state index is 12.2. The van der Waals surface area contributed by atoms with Crippen LogP contribution in [0.4, 0.5) is 18.9 Å². The van der Waals surface area contributed by atoms with Gasteiger partial charge >= 0.3 is 16.7 Å². The van der Waals surface area contributed by atoms with E-state index in [9.17, 15) is 21.6 Å². The maximum Gasteiger partial charge on any atom is 0.573 e. The predicted molar refractivity (Wildman–Crippen MR) is 87.7 cm³/mol. The van der Waals surface area contributed by atoms with Crippen LogP contribution in [0.3, 0.4) is 0 Å². The summed E-state index contributed by atoms with van der Waals surface area (Å²) < 4.78 is 72.9. The van der Waals surface area contributed by atoms with Gasteiger partial charge in [0.1, 0.15) is 11.5 Å². The fourth-order valence-electron chi connectivity index (χ4n) is 2.03. The molecular weight excluding hydrogens is 389 g/mol. The van der Waals surface area contributed by atoms with E-state index in [0.29, 0.717) is 0 Å². The van der Waals surface area contributed by atoms with Gasteiger partial charge in [-0.05, 0) is 42.5 Å². The molecule has 142 valence electrons. The Morgan fingerprint density at radius 3 is 2.33 bits per heavy atom. The summed E-state index contributed by atoms with van der Waals surface area (Å²) in [5.74, 6) is -0.501. The summed E-state index contributed by atoms with van der Waals surface area (Å²) >= 11 is 0. The van der Waals surface area contributed by atoms with Crippen LogP contribution in [0.15, 0.2) is 61.1 Å². The minimum absolute atomic E-state index is 0.0956. The van der Waals surface area contributed by atoms with Gasteiger partial charge in [-0.3, -0.25) is 0 Å². The van der Waals surface area contributed by atoms with Gasteiger partial charge in [0.05, 0.1) is 5.69 Å². The first-order valence-corrected chi connectivity index (χ1v) is 8.66. The molecule has 0 spiro atoms. The summed E-state index contributed by atoms with van der Waals surface area (Å²) in [5, 5.41) is 3.97. The smallest absolute Gasteiger partial charge is 0.406 e. The highest BCUT2D eigenvalue weighted by molar-refractivity contribution is 7.88. The summed E-state index contributed by atoms with van der Waals surface area (Å²) in [6.45, 7) is 0. The third-order valence-electron chi connectivity index (χ3n) is 3.01. The monoisotopic (exact) mass is 400 g/mol. The van der Waals surface area contributed by atoms with Gasteiger partial charge in [-0.1, -0.05) is 0 Å². The highest BCUT2D eigenvalue weighted by Crippen LogP contribution is 2.26. The lowest BCUT2D eigenvalue weighted by atomic mass is 10.3. The summed E-state index contributed by atoms with van der Waals surface area (Å²) in [4.78, 5) is 4.05. The average Bonchev–Trinajstić information content (AvgIpc) is 3.09. The zero-order chi connectivity index (χ0) is 19.5. The van der Waals surface area contributed by atoms with Gasteiger partial charge in [-0.15, -0.1) is 13.2 Å². The molecule has 0 atom stereocenters. The Morgan fingerprint density at radius 1 is 1.00 bits per heavy atom. The van der Waals surface area contributed by atoms with Crippen molar-refractivity contribution in [1.82, 2.24) is 14.8 Å². The van der Waals surface area contributed by atoms with Gasteiger partial charge in [0.25, 0.3) is 0 Å². The quantitative estimate of drug-likeness (QED) is 0.684. The van der Waals surface area contributed by atoms with E-state index >= 15 is 0 Å². The Morgan fingerprint density at radius 2 is 1.70 bits per heavy atom. The Labute approximate surface area is 151 Å². The van der Waals surface area contributed by atoms with Crippen LogP contribution in [0, 0.1) is 0 Å². The molecule has 0 saturated carbocycles. The molecule has 0 bridgehead atoms. The van der Waals surface area contributed by atoms with E-state index in [-0.39, 0.29) is 17.3 Å². The van der Waals surface area contributed by atoms with Crippen LogP contribution in [-0.2, 0) is 10.3 Å². The number of benzene rings is 1. The van der Waals surface area contributed by atoms with E-state index in [1.54, 1.807) is 12.3 Å². The first kappa shape index (κ1) is 18.5. The van der Waals surface area contributed by atoms with Crippen LogP contribution in [0.25, 0.3) is 5.82 Å². The summed E-state index contributed by atoms with van der Waals surface area (Å²) in [5.41, 5.74) is 0.0956. The van der Waals surface area contributed by atoms with Gasteiger partial charge in [-0.25, -0.2) is 14.4 Å². The predicted octanol–water partition coefficient (Wildman–Crippen LogP) is 2.90. The Bertz CT molecular complexity index is 1010. The Balaban J connectivity index is 1.75. The van der Waals surface area contributed by atoms with Crippen molar-refractivity contribution in [3.63, 3.8) is 0 Å². The minimum atomic E-state index is -4.85. The molecule has 0 fully saturated rings. The molecule has 2 heterocycles. The first-order chi connectivity index (χ1) is 12.7. The number of ether oxygens (including phenoxy) is 1. The van der Waals surface area contributed by atoms with Crippen molar-refractivity contribution in [2.75, 3.05) is 4.72 Å². The van der Waals surface area contributed by atoms with Crippen molar-refractivity contribution in [3.8, 4) is 17.3 Å². The molecular formula is C15H11F3N4O4S. The fraction of sp³-hybridized carbons (Fsp3) is 0.0667. The third kappa shape index (κ3) is 5.10. The number of alkyl halides is 3. The van der Waals surface area contributed by atoms with Crippen molar-refractivity contribution in [2.24, 2.45) is 0 Å². The number of nitrogens with zero attached hydrogens (tertiary/aromatic N) is 3. The van der Waals surface area contributed by atoms with Crippen LogP contribution < -0.4 is 13.6 Å². The van der Waals surface area contributed by atoms with Crippen LogP contribution in [0.1, 0.15) is 0 Å². The summed E-state index contributed by atoms with van der Waals surface area (Å²) in [6, 6.07) is 8.50. The lowest BCUT2D eigenvalue weighted by Gasteiger charge is -2.12. The molecule has 0 aliphatic carbocycles. The van der Waals surface area contributed by atoms with E-state index in [1.165, 1.54) is 29.2 Å². The number of aromatic nitrogens is 3. The van der Waals surface area contributed by atoms with Crippen molar-refractivity contribution >= 4 is 16.0 Å². The van der Waals surface area contributed by atoms with Crippen LogP contribution >= 0.6 is 0 Å². The highest BCUT2D eigenvalue weighted by Gasteiger charge is 2.31. The molecule has 2 aromatic heterocycles. The minimum Gasteiger partial charge on any atom is -0.406 e. The second kappa shape index (κ2) is 7.15. The van der Waals surface area contributed by atoms with Gasteiger partial charge in [0.2, 0.25) is 0 Å². The molecule has 3 aromatic rings. The second-order valence-electron chi connectivity index (χ2n) is 4.98. The van der Waals surface area contributed by atoms with Crippen LogP contribution in [0.5, 0.6) is 11.5 Å². The highest BCUT2D eigenvalue weighted by atomic mass is 32.2. The molecule has 1 N–H and O–H groups in total. The second-order valence-corrected chi connectivity index (χ2v) is 6.26. The van der Waals surface area contributed by atoms with Crippen LogP contribution in [0.2, 0.25) is 0 Å². The molecule has 0 radical (unpaired) electrons. The molecule has 8 nitrogen and oxygen atoms in total. The van der Waals surface area contributed by atoms with E-state index in [0.717, 1.165) is 24.3 Å². The number of hydrogen-bond acceptors (Lipinski definition) is 6. The average molecular weight is 400 g/mol. The van der Waals surface area contributed by atoms with E-state index in [2.05, 4.69) is 19.5 Å². The third-order valence-corrected chi connectivity index (χ3v) is 3.89. The molecule has 27 heavy (non-hydrogen) atoms. The van der Waals surface area contributed by atoms with Gasteiger partial charge in [0, 0.05) is 18.6 Å². The fourth-order valence-corrected chi connectivity index (χ4v) is 2.87. The normalized spacial score (nSPS) is 11.8. The SMILES string of the molecule is O=S(=O)(Nc1cccnc1-n1cccn1)Oc1ccc(OC(F)(F)F)cc1. The standard InChI is InChI=1S/C15H11F3N4O4S/c16-15(17,18)25-11-4-6-12(7-5-11)26-27(23,24)21-13-3-1-8-19-14(13)22-10-2-9-20-22/h1-10,21H. The first-order valence-electron chi connectivity index (χ1n) is 7.25. The number of hydrogen-bond donors (Lipinski definition) is 1. The number of pyridine rings is 1. The number of anilines is 1.